The molecule has 1 rings (SSSR count). The molecule has 1 aromatic carbocycles. The predicted octanol–water partition coefficient (Wildman–Crippen LogP) is 3.58. The fraction of sp³-hybridized carbons (Fsp3) is 0.625. The van der Waals surface area contributed by atoms with Gasteiger partial charge in [0.05, 0.1) is 11.5 Å². The van der Waals surface area contributed by atoms with Gasteiger partial charge in [-0.25, -0.2) is 13.6 Å². The van der Waals surface area contributed by atoms with Crippen LogP contribution in [0.1, 0.15) is 58.1 Å². The number of aryl methyl sites for hydroxylation is 1. The molecule has 0 saturated carbocycles. The summed E-state index contributed by atoms with van der Waals surface area (Å²) in [7, 11) is -3.72. The first-order chi connectivity index (χ1) is 9.42. The molecule has 0 saturated heterocycles. The van der Waals surface area contributed by atoms with Crippen molar-refractivity contribution in [2.75, 3.05) is 6.61 Å². The number of nitrogens with two attached hydrogens (primary N) is 1. The summed E-state index contributed by atoms with van der Waals surface area (Å²) in [5, 5.41) is 5.30. The van der Waals surface area contributed by atoms with Crippen LogP contribution in [0.15, 0.2) is 17.0 Å². The van der Waals surface area contributed by atoms with Crippen molar-refractivity contribution in [3.05, 3.63) is 23.3 Å². The second-order valence-electron chi connectivity index (χ2n) is 7.01. The van der Waals surface area contributed by atoms with E-state index in [2.05, 4.69) is 20.8 Å². The normalized spacial score (nSPS) is 12.8. The Bertz CT molecular complexity index is 599. The van der Waals surface area contributed by atoms with Gasteiger partial charge in [0.2, 0.25) is 10.0 Å². The minimum Gasteiger partial charge on any atom is -0.493 e. The van der Waals surface area contributed by atoms with Crippen LogP contribution in [-0.2, 0) is 10.0 Å². The Morgan fingerprint density at radius 3 is 2.24 bits per heavy atom. The maximum absolute atomic E-state index is 11.7. The van der Waals surface area contributed by atoms with Crippen LogP contribution < -0.4 is 9.88 Å². The van der Waals surface area contributed by atoms with Gasteiger partial charge in [-0.3, -0.25) is 0 Å². The summed E-state index contributed by atoms with van der Waals surface area (Å²) in [4.78, 5) is 0.193. The second-order valence-corrected chi connectivity index (χ2v) is 8.54. The minimum atomic E-state index is -3.72. The zero-order valence-corrected chi connectivity index (χ0v) is 14.7. The molecule has 0 amide bonds. The minimum absolute atomic E-state index is 0.0592. The Morgan fingerprint density at radius 1 is 1.24 bits per heavy atom. The van der Waals surface area contributed by atoms with Gasteiger partial charge < -0.3 is 4.74 Å². The zero-order chi connectivity index (χ0) is 16.4. The van der Waals surface area contributed by atoms with Gasteiger partial charge in [0.15, 0.2) is 0 Å². The number of hydrogen-bond acceptors (Lipinski definition) is 3. The highest BCUT2D eigenvalue weighted by Crippen LogP contribution is 2.31. The van der Waals surface area contributed by atoms with Crippen LogP contribution >= 0.6 is 0 Å². The van der Waals surface area contributed by atoms with Crippen molar-refractivity contribution in [1.82, 2.24) is 0 Å². The summed E-state index contributed by atoms with van der Waals surface area (Å²) < 4.78 is 29.2. The Labute approximate surface area is 128 Å². The summed E-state index contributed by atoms with van der Waals surface area (Å²) in [6.07, 6.45) is 0.931. The van der Waals surface area contributed by atoms with E-state index < -0.39 is 10.0 Å². The van der Waals surface area contributed by atoms with E-state index in [1.54, 1.807) is 6.07 Å². The fourth-order valence-corrected chi connectivity index (χ4v) is 2.96. The van der Waals surface area contributed by atoms with Gasteiger partial charge in [0, 0.05) is 0 Å². The van der Waals surface area contributed by atoms with E-state index in [0.29, 0.717) is 12.2 Å². The molecule has 21 heavy (non-hydrogen) atoms. The van der Waals surface area contributed by atoms with E-state index in [-0.39, 0.29) is 16.2 Å². The number of benzene rings is 1. The molecule has 0 spiro atoms. The fourth-order valence-electron chi connectivity index (χ4n) is 2.00. The summed E-state index contributed by atoms with van der Waals surface area (Å²) in [6.45, 7) is 12.8. The molecular weight excluding hydrogens is 286 g/mol. The third-order valence-electron chi connectivity index (χ3n) is 3.35. The van der Waals surface area contributed by atoms with Crippen molar-refractivity contribution in [1.29, 1.82) is 0 Å². The molecule has 1 aromatic rings. The van der Waals surface area contributed by atoms with Crippen molar-refractivity contribution in [2.24, 2.45) is 10.6 Å². The molecule has 0 radical (unpaired) electrons. The van der Waals surface area contributed by atoms with E-state index in [0.717, 1.165) is 17.7 Å². The smallest absolute Gasteiger partial charge is 0.238 e. The van der Waals surface area contributed by atoms with Gasteiger partial charge in [-0.05, 0) is 47.9 Å². The van der Waals surface area contributed by atoms with E-state index >= 15 is 0 Å². The topological polar surface area (TPSA) is 69.4 Å². The highest BCUT2D eigenvalue weighted by Gasteiger charge is 2.19. The number of rotatable bonds is 5. The first kappa shape index (κ1) is 18.0. The van der Waals surface area contributed by atoms with Crippen LogP contribution in [0.3, 0.4) is 0 Å². The molecule has 0 bridgehead atoms. The summed E-state index contributed by atoms with van der Waals surface area (Å²) >= 11 is 0. The number of hydrogen-bond donors (Lipinski definition) is 1. The molecule has 120 valence electrons. The van der Waals surface area contributed by atoms with Gasteiger partial charge in [0.1, 0.15) is 5.75 Å². The molecule has 0 heterocycles. The van der Waals surface area contributed by atoms with Gasteiger partial charge in [-0.15, -0.1) is 0 Å². The standard InChI is InChI=1S/C16H27NO3S/c1-11(2)13-10-14(20-8-7-16(4,5)6)12(3)9-15(13)21(17,18)19/h9-11H,7-8H2,1-6H3,(H2,17,18,19). The predicted molar refractivity (Wildman–Crippen MR) is 86.2 cm³/mol. The highest BCUT2D eigenvalue weighted by molar-refractivity contribution is 7.89. The lowest BCUT2D eigenvalue weighted by Crippen LogP contribution is -2.16. The van der Waals surface area contributed by atoms with E-state index in [1.807, 2.05) is 26.8 Å². The Kier molecular flexibility index (Phi) is 5.45. The quantitative estimate of drug-likeness (QED) is 0.903. The third kappa shape index (κ3) is 5.32. The van der Waals surface area contributed by atoms with Crippen molar-refractivity contribution < 1.29 is 13.2 Å². The lowest BCUT2D eigenvalue weighted by molar-refractivity contribution is 0.241. The Hall–Kier alpha value is -1.07. The van der Waals surface area contributed by atoms with Crippen LogP contribution in [0.2, 0.25) is 0 Å². The maximum Gasteiger partial charge on any atom is 0.238 e. The van der Waals surface area contributed by atoms with Crippen LogP contribution in [-0.4, -0.2) is 15.0 Å². The van der Waals surface area contributed by atoms with Crippen molar-refractivity contribution in [3.8, 4) is 5.75 Å². The average Bonchev–Trinajstić information content (AvgIpc) is 2.27. The Morgan fingerprint density at radius 2 is 1.81 bits per heavy atom. The highest BCUT2D eigenvalue weighted by atomic mass is 32.2. The van der Waals surface area contributed by atoms with E-state index in [9.17, 15) is 8.42 Å². The molecule has 0 aliphatic heterocycles. The molecule has 4 nitrogen and oxygen atoms in total. The van der Waals surface area contributed by atoms with Crippen LogP contribution in [0.5, 0.6) is 5.75 Å². The Balaban J connectivity index is 3.11. The molecule has 2 N–H and O–H groups in total. The lowest BCUT2D eigenvalue weighted by atomic mass is 9.93. The molecule has 0 unspecified atom stereocenters. The molecule has 0 aromatic heterocycles. The monoisotopic (exact) mass is 313 g/mol. The number of sulfonamides is 1. The van der Waals surface area contributed by atoms with Crippen molar-refractivity contribution in [3.63, 3.8) is 0 Å². The van der Waals surface area contributed by atoms with Gasteiger partial charge in [-0.2, -0.15) is 0 Å². The average molecular weight is 313 g/mol. The molecule has 0 aliphatic carbocycles. The first-order valence-corrected chi connectivity index (χ1v) is 8.76. The molecule has 0 fully saturated rings. The third-order valence-corrected chi connectivity index (χ3v) is 4.31. The molecule has 0 atom stereocenters. The van der Waals surface area contributed by atoms with Crippen LogP contribution in [0, 0.1) is 12.3 Å². The maximum atomic E-state index is 11.7. The summed E-state index contributed by atoms with van der Waals surface area (Å²) in [5.74, 6) is 0.791. The number of primary sulfonamides is 1. The van der Waals surface area contributed by atoms with Crippen molar-refractivity contribution >= 4 is 10.0 Å². The molecule has 5 heteroatoms. The van der Waals surface area contributed by atoms with Gasteiger partial charge in [0.25, 0.3) is 0 Å². The number of ether oxygens (including phenoxy) is 1. The zero-order valence-electron chi connectivity index (χ0n) is 13.9. The van der Waals surface area contributed by atoms with Gasteiger partial charge >= 0.3 is 0 Å². The second kappa shape index (κ2) is 6.36. The van der Waals surface area contributed by atoms with Gasteiger partial charge in [-0.1, -0.05) is 34.6 Å². The largest absolute Gasteiger partial charge is 0.493 e. The van der Waals surface area contributed by atoms with Crippen molar-refractivity contribution in [2.45, 2.75) is 58.8 Å². The summed E-state index contributed by atoms with van der Waals surface area (Å²) in [5.41, 5.74) is 1.70. The summed E-state index contributed by atoms with van der Waals surface area (Å²) in [6, 6.07) is 3.42. The van der Waals surface area contributed by atoms with Crippen LogP contribution in [0.25, 0.3) is 0 Å². The van der Waals surface area contributed by atoms with E-state index in [4.69, 9.17) is 9.88 Å². The van der Waals surface area contributed by atoms with E-state index in [1.165, 1.54) is 0 Å². The molecular formula is C16H27NO3S. The van der Waals surface area contributed by atoms with Crippen LogP contribution in [0.4, 0.5) is 0 Å². The SMILES string of the molecule is Cc1cc(S(N)(=O)=O)c(C(C)C)cc1OCCC(C)(C)C. The lowest BCUT2D eigenvalue weighted by Gasteiger charge is -2.20. The molecule has 0 aliphatic rings. The first-order valence-electron chi connectivity index (χ1n) is 7.22.